The number of halogens is 1. The van der Waals surface area contributed by atoms with Crippen molar-refractivity contribution < 1.29 is 9.53 Å². The molecular weight excluding hydrogens is 216 g/mol. The lowest BCUT2D eigenvalue weighted by molar-refractivity contribution is -0.119. The van der Waals surface area contributed by atoms with Gasteiger partial charge in [-0.15, -0.1) is 0 Å². The quantitative estimate of drug-likeness (QED) is 0.802. The molecule has 1 aromatic carbocycles. The van der Waals surface area contributed by atoms with E-state index in [0.717, 1.165) is 5.56 Å². The third kappa shape index (κ3) is 3.42. The highest BCUT2D eigenvalue weighted by Gasteiger charge is 2.10. The number of nitrogens with two attached hydrogens (primary N) is 2. The first-order chi connectivity index (χ1) is 7.00. The molecular formula is C10H13ClN2O2. The first-order valence-electron chi connectivity index (χ1n) is 4.44. The van der Waals surface area contributed by atoms with Crippen LogP contribution in [-0.4, -0.2) is 18.6 Å². The van der Waals surface area contributed by atoms with Gasteiger partial charge in [-0.2, -0.15) is 0 Å². The van der Waals surface area contributed by atoms with E-state index in [0.29, 0.717) is 10.8 Å². The highest BCUT2D eigenvalue weighted by Crippen LogP contribution is 2.22. The van der Waals surface area contributed by atoms with Gasteiger partial charge >= 0.3 is 0 Å². The molecule has 4 nitrogen and oxygen atoms in total. The number of hydrogen-bond acceptors (Lipinski definition) is 3. The Morgan fingerprint density at radius 2 is 2.27 bits per heavy atom. The van der Waals surface area contributed by atoms with Gasteiger partial charge in [0.15, 0.2) is 0 Å². The minimum atomic E-state index is -0.802. The van der Waals surface area contributed by atoms with Crippen LogP contribution in [0.3, 0.4) is 0 Å². The summed E-state index contributed by atoms with van der Waals surface area (Å²) in [6.07, 6.45) is 0. The van der Waals surface area contributed by atoms with Gasteiger partial charge in [-0.3, -0.25) is 4.79 Å². The van der Waals surface area contributed by atoms with Crippen LogP contribution in [0.2, 0.25) is 5.02 Å². The van der Waals surface area contributed by atoms with E-state index in [9.17, 15) is 4.79 Å². The van der Waals surface area contributed by atoms with Crippen molar-refractivity contribution in [1.82, 2.24) is 0 Å². The average Bonchev–Trinajstić information content (AvgIpc) is 2.18. The minimum absolute atomic E-state index is 0.0521. The standard InChI is InChI=1S/C10H13ClN2O2/c1-6-2-3-7(11)4-9(6)15-5-8(12)10(13)14/h2-4,8H,5,12H2,1H3,(H2,13,14). The van der Waals surface area contributed by atoms with Crippen LogP contribution in [0.15, 0.2) is 18.2 Å². The molecule has 15 heavy (non-hydrogen) atoms. The van der Waals surface area contributed by atoms with Gasteiger partial charge in [0.1, 0.15) is 18.4 Å². The summed E-state index contributed by atoms with van der Waals surface area (Å²) in [4.78, 5) is 10.7. The molecule has 0 bridgehead atoms. The average molecular weight is 229 g/mol. The molecule has 82 valence electrons. The van der Waals surface area contributed by atoms with Crippen molar-refractivity contribution in [2.75, 3.05) is 6.61 Å². The number of rotatable bonds is 4. The normalized spacial score (nSPS) is 12.2. The van der Waals surface area contributed by atoms with Crippen LogP contribution in [0.5, 0.6) is 5.75 Å². The Kier molecular flexibility index (Phi) is 3.94. The zero-order valence-electron chi connectivity index (χ0n) is 8.37. The Hall–Kier alpha value is -1.26. The summed E-state index contributed by atoms with van der Waals surface area (Å²) >= 11 is 5.79. The van der Waals surface area contributed by atoms with Crippen molar-refractivity contribution in [2.24, 2.45) is 11.5 Å². The van der Waals surface area contributed by atoms with E-state index in [1.807, 2.05) is 13.0 Å². The van der Waals surface area contributed by atoms with E-state index in [1.165, 1.54) is 0 Å². The lowest BCUT2D eigenvalue weighted by atomic mass is 10.2. The van der Waals surface area contributed by atoms with Gasteiger partial charge in [0.25, 0.3) is 0 Å². The number of aryl methyl sites for hydroxylation is 1. The van der Waals surface area contributed by atoms with Crippen LogP contribution in [0.25, 0.3) is 0 Å². The molecule has 0 aliphatic rings. The summed E-state index contributed by atoms with van der Waals surface area (Å²) < 4.78 is 5.33. The maximum Gasteiger partial charge on any atom is 0.237 e. The fourth-order valence-electron chi connectivity index (χ4n) is 0.991. The van der Waals surface area contributed by atoms with Crippen molar-refractivity contribution in [1.29, 1.82) is 0 Å². The van der Waals surface area contributed by atoms with Crippen LogP contribution >= 0.6 is 11.6 Å². The molecule has 0 saturated carbocycles. The summed E-state index contributed by atoms with van der Waals surface area (Å²) in [5.74, 6) is 0.0221. The van der Waals surface area contributed by atoms with Crippen molar-refractivity contribution in [3.63, 3.8) is 0 Å². The second-order valence-corrected chi connectivity index (χ2v) is 3.67. The SMILES string of the molecule is Cc1ccc(Cl)cc1OCC(N)C(N)=O. The van der Waals surface area contributed by atoms with Crippen LogP contribution in [0.4, 0.5) is 0 Å². The van der Waals surface area contributed by atoms with Crippen molar-refractivity contribution in [2.45, 2.75) is 13.0 Å². The molecule has 0 radical (unpaired) electrons. The van der Waals surface area contributed by atoms with Crippen LogP contribution in [0, 0.1) is 6.92 Å². The molecule has 5 heteroatoms. The highest BCUT2D eigenvalue weighted by atomic mass is 35.5. The van der Waals surface area contributed by atoms with Crippen LogP contribution in [-0.2, 0) is 4.79 Å². The third-order valence-corrected chi connectivity index (χ3v) is 2.17. The van der Waals surface area contributed by atoms with Gasteiger partial charge in [0.05, 0.1) is 0 Å². The number of hydrogen-bond donors (Lipinski definition) is 2. The predicted octanol–water partition coefficient (Wildman–Crippen LogP) is 0.840. The molecule has 0 aromatic heterocycles. The van der Waals surface area contributed by atoms with Gasteiger partial charge in [-0.1, -0.05) is 17.7 Å². The second-order valence-electron chi connectivity index (χ2n) is 3.23. The molecule has 1 amide bonds. The molecule has 0 spiro atoms. The van der Waals surface area contributed by atoms with E-state index in [4.69, 9.17) is 27.8 Å². The monoisotopic (exact) mass is 228 g/mol. The van der Waals surface area contributed by atoms with Crippen molar-refractivity contribution in [3.05, 3.63) is 28.8 Å². The number of carbonyl (C=O) groups is 1. The summed E-state index contributed by atoms with van der Waals surface area (Å²) in [5, 5.41) is 0.572. The van der Waals surface area contributed by atoms with Crippen molar-refractivity contribution in [3.8, 4) is 5.75 Å². The van der Waals surface area contributed by atoms with Gasteiger partial charge < -0.3 is 16.2 Å². The smallest absolute Gasteiger partial charge is 0.237 e. The van der Waals surface area contributed by atoms with E-state index in [-0.39, 0.29) is 6.61 Å². The van der Waals surface area contributed by atoms with E-state index < -0.39 is 11.9 Å². The zero-order valence-corrected chi connectivity index (χ0v) is 9.12. The van der Waals surface area contributed by atoms with E-state index >= 15 is 0 Å². The fraction of sp³-hybridized carbons (Fsp3) is 0.300. The molecule has 0 aliphatic heterocycles. The molecule has 1 atom stereocenters. The lowest BCUT2D eigenvalue weighted by Crippen LogP contribution is -2.41. The maximum absolute atomic E-state index is 10.7. The van der Waals surface area contributed by atoms with Crippen molar-refractivity contribution >= 4 is 17.5 Å². The largest absolute Gasteiger partial charge is 0.491 e. The summed E-state index contributed by atoms with van der Waals surface area (Å²) in [7, 11) is 0. The Balaban J connectivity index is 2.65. The van der Waals surface area contributed by atoms with Gasteiger partial charge in [0.2, 0.25) is 5.91 Å². The molecule has 1 rings (SSSR count). The van der Waals surface area contributed by atoms with Gasteiger partial charge in [0, 0.05) is 5.02 Å². The first-order valence-corrected chi connectivity index (χ1v) is 4.82. The number of benzene rings is 1. The maximum atomic E-state index is 10.7. The minimum Gasteiger partial charge on any atom is -0.491 e. The Labute approximate surface area is 93.1 Å². The van der Waals surface area contributed by atoms with Gasteiger partial charge in [-0.05, 0) is 24.6 Å². The second kappa shape index (κ2) is 5.00. The van der Waals surface area contributed by atoms with Crippen LogP contribution < -0.4 is 16.2 Å². The predicted molar refractivity (Wildman–Crippen MR) is 58.9 cm³/mol. The fourth-order valence-corrected chi connectivity index (χ4v) is 1.15. The summed E-state index contributed by atoms with van der Waals surface area (Å²) in [6, 6.07) is 4.46. The molecule has 0 fully saturated rings. The first kappa shape index (κ1) is 11.8. The number of ether oxygens (including phenoxy) is 1. The molecule has 4 N–H and O–H groups in total. The molecule has 0 heterocycles. The third-order valence-electron chi connectivity index (χ3n) is 1.93. The molecule has 0 saturated heterocycles. The molecule has 1 unspecified atom stereocenters. The Bertz CT molecular complexity index is 368. The Morgan fingerprint density at radius 1 is 1.60 bits per heavy atom. The molecule has 0 aliphatic carbocycles. The summed E-state index contributed by atoms with van der Waals surface area (Å²) in [6.45, 7) is 1.93. The van der Waals surface area contributed by atoms with Crippen LogP contribution in [0.1, 0.15) is 5.56 Å². The van der Waals surface area contributed by atoms with Gasteiger partial charge in [-0.25, -0.2) is 0 Å². The topological polar surface area (TPSA) is 78.3 Å². The lowest BCUT2D eigenvalue weighted by Gasteiger charge is -2.12. The van der Waals surface area contributed by atoms with E-state index in [2.05, 4.69) is 0 Å². The Morgan fingerprint density at radius 3 is 2.87 bits per heavy atom. The summed E-state index contributed by atoms with van der Waals surface area (Å²) in [5.41, 5.74) is 11.3. The highest BCUT2D eigenvalue weighted by molar-refractivity contribution is 6.30. The number of primary amides is 1. The zero-order chi connectivity index (χ0) is 11.4. The number of amides is 1. The van der Waals surface area contributed by atoms with E-state index in [1.54, 1.807) is 12.1 Å². The molecule has 1 aromatic rings. The number of carbonyl (C=O) groups excluding carboxylic acids is 1.